The normalized spacial score (nSPS) is 32.0. The molecule has 0 aromatic carbocycles. The highest BCUT2D eigenvalue weighted by Crippen LogP contribution is 2.31. The van der Waals surface area contributed by atoms with E-state index in [1.165, 1.54) is 36.6 Å². The summed E-state index contributed by atoms with van der Waals surface area (Å²) in [7, 11) is 0. The van der Waals surface area contributed by atoms with Crippen molar-refractivity contribution in [1.29, 1.82) is 0 Å². The molecule has 0 bridgehead atoms. The first kappa shape index (κ1) is 14.6. The molecular formula is C14H26N2S2. The van der Waals surface area contributed by atoms with Gasteiger partial charge in [0, 0.05) is 16.5 Å². The largest absolute Gasteiger partial charge is 0.362 e. The predicted molar refractivity (Wildman–Crippen MR) is 85.8 cm³/mol. The lowest BCUT2D eigenvalue weighted by Crippen LogP contribution is -2.30. The van der Waals surface area contributed by atoms with Gasteiger partial charge in [0.25, 0.3) is 0 Å². The molecule has 1 N–H and O–H groups in total. The van der Waals surface area contributed by atoms with Crippen LogP contribution in [0.5, 0.6) is 0 Å². The Bertz CT molecular complexity index is 292. The first-order chi connectivity index (χ1) is 8.67. The van der Waals surface area contributed by atoms with Crippen LogP contribution in [0.2, 0.25) is 0 Å². The number of nitrogens with zero attached hydrogens (tertiary/aromatic N) is 1. The average Bonchev–Trinajstić information content (AvgIpc) is 2.89. The van der Waals surface area contributed by atoms with E-state index in [1.54, 1.807) is 0 Å². The topological polar surface area (TPSA) is 24.4 Å². The molecule has 0 radical (unpaired) electrons. The molecule has 0 saturated heterocycles. The van der Waals surface area contributed by atoms with Crippen molar-refractivity contribution in [2.24, 2.45) is 10.9 Å². The predicted octanol–water partition coefficient (Wildman–Crippen LogP) is 3.77. The molecule has 104 valence electrons. The summed E-state index contributed by atoms with van der Waals surface area (Å²) in [6.07, 6.45) is 5.32. The number of hydrogen-bond acceptors (Lipinski definition) is 4. The minimum atomic E-state index is 0.679. The minimum absolute atomic E-state index is 0.679. The number of hydrogen-bond donors (Lipinski definition) is 1. The van der Waals surface area contributed by atoms with Crippen molar-refractivity contribution in [2.75, 3.05) is 12.3 Å². The Balaban J connectivity index is 1.69. The molecule has 1 aliphatic carbocycles. The van der Waals surface area contributed by atoms with Gasteiger partial charge in [0.05, 0.1) is 6.54 Å². The molecular weight excluding hydrogens is 260 g/mol. The van der Waals surface area contributed by atoms with E-state index in [0.29, 0.717) is 6.04 Å². The van der Waals surface area contributed by atoms with Crippen molar-refractivity contribution in [1.82, 2.24) is 5.32 Å². The Morgan fingerprint density at radius 2 is 2.28 bits per heavy atom. The smallest absolute Gasteiger partial charge is 0.157 e. The number of amidine groups is 1. The maximum absolute atomic E-state index is 4.67. The van der Waals surface area contributed by atoms with E-state index in [4.69, 9.17) is 0 Å². The third-order valence-corrected chi connectivity index (χ3v) is 5.94. The van der Waals surface area contributed by atoms with Crippen LogP contribution >= 0.6 is 23.5 Å². The van der Waals surface area contributed by atoms with Gasteiger partial charge in [0.15, 0.2) is 5.17 Å². The lowest BCUT2D eigenvalue weighted by molar-refractivity contribution is 0.575. The van der Waals surface area contributed by atoms with Gasteiger partial charge >= 0.3 is 0 Å². The van der Waals surface area contributed by atoms with Crippen molar-refractivity contribution in [3.8, 4) is 0 Å². The molecule has 0 aromatic heterocycles. The molecule has 2 rings (SSSR count). The van der Waals surface area contributed by atoms with Gasteiger partial charge in [-0.25, -0.2) is 0 Å². The Hall–Kier alpha value is 0.170. The molecule has 0 aromatic rings. The first-order valence-corrected chi connectivity index (χ1v) is 9.19. The molecule has 3 unspecified atom stereocenters. The Kier molecular flexibility index (Phi) is 5.74. The summed E-state index contributed by atoms with van der Waals surface area (Å²) in [6, 6.07) is 0.679. The second-order valence-electron chi connectivity index (χ2n) is 5.75. The fraction of sp³-hybridized carbons (Fsp3) is 0.929. The molecule has 1 fully saturated rings. The Labute approximate surface area is 120 Å². The van der Waals surface area contributed by atoms with Gasteiger partial charge in [-0.15, -0.1) is 0 Å². The maximum atomic E-state index is 4.67. The molecule has 0 spiro atoms. The van der Waals surface area contributed by atoms with Crippen LogP contribution in [0.3, 0.4) is 0 Å². The molecule has 1 aliphatic heterocycles. The van der Waals surface area contributed by atoms with Crippen LogP contribution in [0.15, 0.2) is 4.99 Å². The van der Waals surface area contributed by atoms with Crippen LogP contribution in [0.25, 0.3) is 0 Å². The van der Waals surface area contributed by atoms with E-state index in [2.05, 4.69) is 42.8 Å². The molecule has 1 saturated carbocycles. The van der Waals surface area contributed by atoms with Crippen molar-refractivity contribution >= 4 is 28.7 Å². The third-order valence-electron chi connectivity index (χ3n) is 3.57. The maximum Gasteiger partial charge on any atom is 0.157 e. The van der Waals surface area contributed by atoms with Crippen LogP contribution in [-0.2, 0) is 0 Å². The van der Waals surface area contributed by atoms with Gasteiger partial charge in [-0.05, 0) is 37.4 Å². The molecule has 3 atom stereocenters. The van der Waals surface area contributed by atoms with E-state index in [9.17, 15) is 0 Å². The minimum Gasteiger partial charge on any atom is -0.362 e. The quantitative estimate of drug-likeness (QED) is 0.832. The fourth-order valence-electron chi connectivity index (χ4n) is 2.78. The van der Waals surface area contributed by atoms with Crippen LogP contribution in [0.1, 0.15) is 46.5 Å². The highest BCUT2D eigenvalue weighted by Gasteiger charge is 2.27. The van der Waals surface area contributed by atoms with Gasteiger partial charge in [0.2, 0.25) is 0 Å². The monoisotopic (exact) mass is 286 g/mol. The van der Waals surface area contributed by atoms with Crippen molar-refractivity contribution in [3.05, 3.63) is 0 Å². The second kappa shape index (κ2) is 7.09. The summed E-state index contributed by atoms with van der Waals surface area (Å²) in [6.45, 7) is 7.88. The Morgan fingerprint density at radius 1 is 1.44 bits per heavy atom. The van der Waals surface area contributed by atoms with Crippen LogP contribution in [0, 0.1) is 5.92 Å². The third kappa shape index (κ3) is 4.37. The van der Waals surface area contributed by atoms with Crippen LogP contribution in [0.4, 0.5) is 0 Å². The van der Waals surface area contributed by atoms with Crippen LogP contribution < -0.4 is 5.32 Å². The van der Waals surface area contributed by atoms with E-state index in [1.807, 2.05) is 11.8 Å². The molecule has 2 aliphatic rings. The number of aliphatic imine (C=N–C) groups is 1. The molecule has 2 nitrogen and oxygen atoms in total. The molecule has 1 heterocycles. The summed E-state index contributed by atoms with van der Waals surface area (Å²) in [5, 5.41) is 6.48. The summed E-state index contributed by atoms with van der Waals surface area (Å²) >= 11 is 4.10. The summed E-state index contributed by atoms with van der Waals surface area (Å²) in [5.74, 6) is 2.04. The first-order valence-electron chi connectivity index (χ1n) is 7.26. The average molecular weight is 287 g/mol. The van der Waals surface area contributed by atoms with Gasteiger partial charge in [-0.3, -0.25) is 4.99 Å². The lowest BCUT2D eigenvalue weighted by atomic mass is 10.1. The molecule has 0 amide bonds. The lowest BCUT2D eigenvalue weighted by Gasteiger charge is -2.15. The number of nitrogens with one attached hydrogen (secondary N) is 1. The summed E-state index contributed by atoms with van der Waals surface area (Å²) < 4.78 is 0. The molecule has 18 heavy (non-hydrogen) atoms. The highest BCUT2D eigenvalue weighted by molar-refractivity contribution is 8.14. The highest BCUT2D eigenvalue weighted by atomic mass is 32.2. The van der Waals surface area contributed by atoms with Gasteiger partial charge in [0.1, 0.15) is 0 Å². The zero-order chi connectivity index (χ0) is 13.0. The van der Waals surface area contributed by atoms with Crippen molar-refractivity contribution in [2.45, 2.75) is 63.0 Å². The fourth-order valence-corrected chi connectivity index (χ4v) is 5.25. The second-order valence-corrected chi connectivity index (χ2v) is 8.61. The van der Waals surface area contributed by atoms with Crippen molar-refractivity contribution in [3.63, 3.8) is 0 Å². The van der Waals surface area contributed by atoms with E-state index in [-0.39, 0.29) is 0 Å². The summed E-state index contributed by atoms with van der Waals surface area (Å²) in [5.41, 5.74) is 0. The van der Waals surface area contributed by atoms with Crippen LogP contribution in [-0.4, -0.2) is 34.0 Å². The standard InChI is InChI=1S/C14H26N2S2/c1-4-17-12-6-5-11(8-12)16-14-15-9-13(18-14)7-10(2)3/h10-13H,4-9H2,1-3H3,(H,15,16). The number of rotatable bonds is 5. The molecule has 4 heteroatoms. The SMILES string of the molecule is CCSC1CCC(NC2=NCC(CC(C)C)S2)C1. The number of thioether (sulfide) groups is 2. The van der Waals surface area contributed by atoms with E-state index < -0.39 is 0 Å². The van der Waals surface area contributed by atoms with Gasteiger partial charge in [-0.1, -0.05) is 32.5 Å². The van der Waals surface area contributed by atoms with Gasteiger partial charge < -0.3 is 5.32 Å². The van der Waals surface area contributed by atoms with Gasteiger partial charge in [-0.2, -0.15) is 11.8 Å². The van der Waals surface area contributed by atoms with E-state index >= 15 is 0 Å². The Morgan fingerprint density at radius 3 is 3.00 bits per heavy atom. The zero-order valence-electron chi connectivity index (χ0n) is 11.8. The summed E-state index contributed by atoms with van der Waals surface area (Å²) in [4.78, 5) is 4.67. The zero-order valence-corrected chi connectivity index (χ0v) is 13.4. The van der Waals surface area contributed by atoms with E-state index in [0.717, 1.165) is 23.0 Å². The van der Waals surface area contributed by atoms with Crippen molar-refractivity contribution < 1.29 is 0 Å².